The van der Waals surface area contributed by atoms with Crippen LogP contribution in [-0.2, 0) is 16.0 Å². The Morgan fingerprint density at radius 2 is 1.91 bits per heavy atom. The van der Waals surface area contributed by atoms with Gasteiger partial charge in [0.05, 0.1) is 30.1 Å². The minimum absolute atomic E-state index is 0.0872. The number of carboxylic acids is 2. The smallest absolute Gasteiger partial charge is 0.490 e. The SMILES string of the molecule is COc1c(-c2cc3c(s2)CCCC3NC(=O)[C@H](N)CCSC)ccc2c(=O)c(C(=O)O)cn(C3CC3)c12.O=C(O)C(F)(F)F. The van der Waals surface area contributed by atoms with E-state index in [1.165, 1.54) is 11.1 Å². The number of nitrogens with two attached hydrogens (primary N) is 1. The number of nitrogens with one attached hydrogen (secondary N) is 1. The van der Waals surface area contributed by atoms with Gasteiger partial charge in [-0.2, -0.15) is 24.9 Å². The van der Waals surface area contributed by atoms with Gasteiger partial charge in [0, 0.05) is 27.6 Å². The molecular weight excluding hydrogens is 623 g/mol. The van der Waals surface area contributed by atoms with Crippen molar-refractivity contribution in [2.75, 3.05) is 19.1 Å². The van der Waals surface area contributed by atoms with Crippen LogP contribution >= 0.6 is 23.1 Å². The van der Waals surface area contributed by atoms with Gasteiger partial charge in [-0.1, -0.05) is 0 Å². The van der Waals surface area contributed by atoms with E-state index in [0.717, 1.165) is 53.9 Å². The normalized spacial score (nSPS) is 16.8. The van der Waals surface area contributed by atoms with Crippen LogP contribution in [0.15, 0.2) is 29.2 Å². The van der Waals surface area contributed by atoms with Gasteiger partial charge >= 0.3 is 18.1 Å². The Bertz CT molecular complexity index is 1630. The lowest BCUT2D eigenvalue weighted by atomic mass is 9.93. The molecule has 1 amide bonds. The van der Waals surface area contributed by atoms with Crippen molar-refractivity contribution in [1.29, 1.82) is 0 Å². The average Bonchev–Trinajstić information content (AvgIpc) is 3.72. The summed E-state index contributed by atoms with van der Waals surface area (Å²) in [5.74, 6) is -2.69. The zero-order chi connectivity index (χ0) is 32.3. The predicted octanol–water partition coefficient (Wildman–Crippen LogP) is 4.98. The van der Waals surface area contributed by atoms with Crippen LogP contribution in [0.5, 0.6) is 5.75 Å². The highest BCUT2D eigenvalue weighted by atomic mass is 32.2. The van der Waals surface area contributed by atoms with Crippen molar-refractivity contribution < 1.29 is 42.5 Å². The second kappa shape index (κ2) is 13.6. The number of fused-ring (bicyclic) bond motifs is 2. The van der Waals surface area contributed by atoms with Crippen molar-refractivity contribution >= 4 is 51.8 Å². The molecule has 1 fully saturated rings. The number of pyridine rings is 1. The molecule has 0 spiro atoms. The number of benzene rings is 1. The number of aliphatic carboxylic acids is 1. The number of carbonyl (C=O) groups excluding carboxylic acids is 1. The Kier molecular flexibility index (Phi) is 10.3. The Morgan fingerprint density at radius 1 is 1.23 bits per heavy atom. The van der Waals surface area contributed by atoms with Gasteiger partial charge in [0.1, 0.15) is 5.56 Å². The van der Waals surface area contributed by atoms with Crippen LogP contribution in [-0.4, -0.2) is 64.0 Å². The van der Waals surface area contributed by atoms with E-state index in [9.17, 15) is 32.7 Å². The van der Waals surface area contributed by atoms with E-state index in [2.05, 4.69) is 11.4 Å². The second-order valence-corrected chi connectivity index (χ2v) is 12.6. The van der Waals surface area contributed by atoms with E-state index in [1.807, 2.05) is 16.9 Å². The van der Waals surface area contributed by atoms with E-state index in [-0.39, 0.29) is 23.6 Å². The lowest BCUT2D eigenvalue weighted by Gasteiger charge is -2.25. The first-order valence-electron chi connectivity index (χ1n) is 13.8. The summed E-state index contributed by atoms with van der Waals surface area (Å²) in [5, 5.41) is 20.2. The number of aryl methyl sites for hydroxylation is 1. The van der Waals surface area contributed by atoms with Crippen molar-refractivity contribution in [3.63, 3.8) is 0 Å². The fourth-order valence-electron chi connectivity index (χ4n) is 5.10. The number of aromatic carboxylic acids is 1. The van der Waals surface area contributed by atoms with Crippen LogP contribution in [0.3, 0.4) is 0 Å². The molecule has 5 rings (SSSR count). The molecule has 0 saturated heterocycles. The molecule has 15 heteroatoms. The van der Waals surface area contributed by atoms with E-state index in [0.29, 0.717) is 23.1 Å². The summed E-state index contributed by atoms with van der Waals surface area (Å²) < 4.78 is 39.5. The molecule has 238 valence electrons. The number of hydrogen-bond acceptors (Lipinski definition) is 8. The molecule has 2 heterocycles. The van der Waals surface area contributed by atoms with Gasteiger partial charge in [-0.25, -0.2) is 9.59 Å². The summed E-state index contributed by atoms with van der Waals surface area (Å²) in [6.45, 7) is 0. The Morgan fingerprint density at radius 3 is 2.48 bits per heavy atom. The first-order chi connectivity index (χ1) is 20.8. The van der Waals surface area contributed by atoms with Crippen molar-refractivity contribution in [3.8, 4) is 16.2 Å². The van der Waals surface area contributed by atoms with Crippen molar-refractivity contribution in [2.24, 2.45) is 5.73 Å². The number of thiophene rings is 1. The molecule has 1 aromatic carbocycles. The van der Waals surface area contributed by atoms with Crippen LogP contribution < -0.4 is 21.2 Å². The molecule has 10 nitrogen and oxygen atoms in total. The number of ether oxygens (including phenoxy) is 1. The third-order valence-electron chi connectivity index (χ3n) is 7.43. The van der Waals surface area contributed by atoms with Gasteiger partial charge in [0.15, 0.2) is 5.75 Å². The maximum Gasteiger partial charge on any atom is 0.490 e. The third-order valence-corrected chi connectivity index (χ3v) is 9.32. The van der Waals surface area contributed by atoms with Gasteiger partial charge < -0.3 is 30.6 Å². The topological polar surface area (TPSA) is 161 Å². The highest BCUT2D eigenvalue weighted by molar-refractivity contribution is 7.98. The number of carbonyl (C=O) groups is 3. The Labute approximate surface area is 258 Å². The summed E-state index contributed by atoms with van der Waals surface area (Å²) in [4.78, 5) is 48.6. The van der Waals surface area contributed by atoms with Gasteiger partial charge in [0.2, 0.25) is 11.3 Å². The number of rotatable bonds is 9. The molecule has 0 bridgehead atoms. The van der Waals surface area contributed by atoms with E-state index >= 15 is 0 Å². The number of nitrogens with zero attached hydrogens (tertiary/aromatic N) is 1. The minimum atomic E-state index is -5.08. The van der Waals surface area contributed by atoms with Crippen LogP contribution in [0.25, 0.3) is 21.3 Å². The molecule has 1 unspecified atom stereocenters. The summed E-state index contributed by atoms with van der Waals surface area (Å²) in [5.41, 5.74) is 7.98. The van der Waals surface area contributed by atoms with Gasteiger partial charge in [-0.05, 0) is 74.3 Å². The monoisotopic (exact) mass is 655 g/mol. The lowest BCUT2D eigenvalue weighted by Crippen LogP contribution is -2.43. The fraction of sp³-hybridized carbons (Fsp3) is 0.448. The number of carboxylic acid groups (broad SMARTS) is 2. The largest absolute Gasteiger partial charge is 0.494 e. The van der Waals surface area contributed by atoms with Crippen LogP contribution in [0.1, 0.15) is 65.0 Å². The van der Waals surface area contributed by atoms with Gasteiger partial charge in [-0.15, -0.1) is 11.3 Å². The molecule has 2 aliphatic carbocycles. The quantitative estimate of drug-likeness (QED) is 0.249. The molecule has 0 aliphatic heterocycles. The molecule has 3 aromatic rings. The summed E-state index contributed by atoms with van der Waals surface area (Å²) in [7, 11) is 1.58. The molecule has 2 aromatic heterocycles. The van der Waals surface area contributed by atoms with Crippen LogP contribution in [0.2, 0.25) is 0 Å². The molecule has 5 N–H and O–H groups in total. The standard InChI is InChI=1S/C27H31N3O5S2.C2HF3O2/c1-35-25-15(8-9-16-23(25)30(14-6-7-14)13-18(24(16)31)27(33)34)22-12-17-20(4-3-5-21(17)37-22)29-26(32)19(28)10-11-36-2;3-2(4,5)1(6)7/h8-9,12-14,19-20H,3-7,10-11,28H2,1-2H3,(H,29,32)(H,33,34);(H,6,7)/t19-,20?;/m1./s1. The van der Waals surface area contributed by atoms with Gasteiger partial charge in [0.25, 0.3) is 0 Å². The minimum Gasteiger partial charge on any atom is -0.494 e. The maximum atomic E-state index is 13.0. The number of aromatic nitrogens is 1. The maximum absolute atomic E-state index is 13.0. The van der Waals surface area contributed by atoms with Crippen molar-refractivity contribution in [2.45, 2.75) is 62.8 Å². The van der Waals surface area contributed by atoms with Gasteiger partial charge in [-0.3, -0.25) is 9.59 Å². The fourth-order valence-corrected chi connectivity index (χ4v) is 6.88. The Balaban J connectivity index is 0.000000566. The highest BCUT2D eigenvalue weighted by Gasteiger charge is 2.38. The molecule has 0 radical (unpaired) electrons. The first kappa shape index (κ1) is 33.3. The molecular formula is C29H32F3N3O7S2. The molecule has 2 aliphatic rings. The van der Waals surface area contributed by atoms with Crippen LogP contribution in [0.4, 0.5) is 13.2 Å². The first-order valence-corrected chi connectivity index (χ1v) is 16.0. The summed E-state index contributed by atoms with van der Waals surface area (Å²) in [6, 6.07) is 5.21. The predicted molar refractivity (Wildman–Crippen MR) is 162 cm³/mol. The second-order valence-electron chi connectivity index (χ2n) is 10.5. The molecule has 44 heavy (non-hydrogen) atoms. The summed E-state index contributed by atoms with van der Waals surface area (Å²) in [6.07, 6.45) is 3.65. The number of alkyl halides is 3. The number of methoxy groups -OCH3 is 1. The number of hydrogen-bond donors (Lipinski definition) is 4. The Hall–Kier alpha value is -3.56. The zero-order valence-corrected chi connectivity index (χ0v) is 25.5. The van der Waals surface area contributed by atoms with E-state index in [4.69, 9.17) is 20.4 Å². The van der Waals surface area contributed by atoms with E-state index in [1.54, 1.807) is 36.3 Å². The molecule has 1 saturated carbocycles. The lowest BCUT2D eigenvalue weighted by molar-refractivity contribution is -0.192. The van der Waals surface area contributed by atoms with E-state index < -0.39 is 29.6 Å². The number of halogens is 3. The van der Waals surface area contributed by atoms with Crippen molar-refractivity contribution in [3.05, 3.63) is 50.6 Å². The van der Waals surface area contributed by atoms with Crippen LogP contribution in [0, 0.1) is 0 Å². The number of amides is 1. The highest BCUT2D eigenvalue weighted by Crippen LogP contribution is 2.46. The number of thioether (sulfide) groups is 1. The zero-order valence-electron chi connectivity index (χ0n) is 23.9. The molecule has 2 atom stereocenters. The van der Waals surface area contributed by atoms with Crippen molar-refractivity contribution in [1.82, 2.24) is 9.88 Å². The third kappa shape index (κ3) is 7.21. The summed E-state index contributed by atoms with van der Waals surface area (Å²) >= 11 is 3.35. The average molecular weight is 656 g/mol.